The van der Waals surface area contributed by atoms with Crippen LogP contribution in [0, 0.1) is 12.7 Å². The average Bonchev–Trinajstić information content (AvgIpc) is 2.34. The summed E-state index contributed by atoms with van der Waals surface area (Å²) in [6.45, 7) is 1.79. The maximum absolute atomic E-state index is 13.4. The Bertz CT molecular complexity index is 523. The molecule has 88 valence electrons. The predicted molar refractivity (Wildman–Crippen MR) is 63.6 cm³/mol. The minimum atomic E-state index is -0.419. The second kappa shape index (κ2) is 4.97. The zero-order valence-corrected chi connectivity index (χ0v) is 9.48. The third kappa shape index (κ3) is 2.63. The van der Waals surface area contributed by atoms with Crippen molar-refractivity contribution >= 4 is 0 Å². The number of hydrogen-bond donors (Lipinski definition) is 1. The van der Waals surface area contributed by atoms with E-state index < -0.39 is 5.82 Å². The Morgan fingerprint density at radius 3 is 2.59 bits per heavy atom. The molecular formula is C14H13FO2. The van der Waals surface area contributed by atoms with Gasteiger partial charge in [-0.3, -0.25) is 0 Å². The van der Waals surface area contributed by atoms with Crippen molar-refractivity contribution < 1.29 is 14.2 Å². The van der Waals surface area contributed by atoms with Crippen LogP contribution >= 0.6 is 0 Å². The molecule has 2 rings (SSSR count). The molecule has 0 aromatic heterocycles. The monoisotopic (exact) mass is 232 g/mol. The molecule has 0 heterocycles. The van der Waals surface area contributed by atoms with Crippen molar-refractivity contribution in [2.24, 2.45) is 0 Å². The number of halogens is 1. The Kier molecular flexibility index (Phi) is 3.40. The van der Waals surface area contributed by atoms with Gasteiger partial charge in [0, 0.05) is 5.56 Å². The highest BCUT2D eigenvalue weighted by Gasteiger charge is 2.07. The second-order valence-electron chi connectivity index (χ2n) is 3.80. The molecular weight excluding hydrogens is 219 g/mol. The first-order valence-electron chi connectivity index (χ1n) is 5.33. The summed E-state index contributed by atoms with van der Waals surface area (Å²) in [5, 5.41) is 9.22. The molecule has 2 aromatic rings. The molecule has 0 saturated carbocycles. The number of hydrogen-bond acceptors (Lipinski definition) is 2. The van der Waals surface area contributed by atoms with Crippen LogP contribution in [0.15, 0.2) is 42.5 Å². The van der Waals surface area contributed by atoms with Crippen LogP contribution in [0.3, 0.4) is 0 Å². The van der Waals surface area contributed by atoms with Gasteiger partial charge in [0.2, 0.25) is 0 Å². The van der Waals surface area contributed by atoms with Gasteiger partial charge in [0.1, 0.15) is 5.75 Å². The third-order valence-electron chi connectivity index (χ3n) is 2.44. The number of benzene rings is 2. The van der Waals surface area contributed by atoms with Crippen molar-refractivity contribution in [1.82, 2.24) is 0 Å². The Morgan fingerprint density at radius 2 is 1.88 bits per heavy atom. The lowest BCUT2D eigenvalue weighted by molar-refractivity contribution is 0.276. The number of ether oxygens (including phenoxy) is 1. The van der Waals surface area contributed by atoms with E-state index in [2.05, 4.69) is 0 Å². The van der Waals surface area contributed by atoms with Gasteiger partial charge in [0.15, 0.2) is 11.6 Å². The van der Waals surface area contributed by atoms with E-state index in [-0.39, 0.29) is 12.4 Å². The van der Waals surface area contributed by atoms with Gasteiger partial charge in [-0.2, -0.15) is 0 Å². The van der Waals surface area contributed by atoms with Crippen LogP contribution in [-0.2, 0) is 6.61 Å². The van der Waals surface area contributed by atoms with Crippen LogP contribution in [0.4, 0.5) is 4.39 Å². The SMILES string of the molecule is Cc1ccc(Oc2ccccc2F)c(CO)c1. The molecule has 2 nitrogen and oxygen atoms in total. The molecule has 17 heavy (non-hydrogen) atoms. The van der Waals surface area contributed by atoms with E-state index >= 15 is 0 Å². The van der Waals surface area contributed by atoms with E-state index in [1.165, 1.54) is 6.07 Å². The topological polar surface area (TPSA) is 29.5 Å². The summed E-state index contributed by atoms with van der Waals surface area (Å²) in [5.74, 6) is 0.214. The fourth-order valence-corrected chi connectivity index (χ4v) is 1.58. The highest BCUT2D eigenvalue weighted by Crippen LogP contribution is 2.27. The summed E-state index contributed by atoms with van der Waals surface area (Å²) in [7, 11) is 0. The van der Waals surface area contributed by atoms with Gasteiger partial charge < -0.3 is 9.84 Å². The molecule has 0 amide bonds. The van der Waals surface area contributed by atoms with Gasteiger partial charge >= 0.3 is 0 Å². The molecule has 0 spiro atoms. The summed E-state index contributed by atoms with van der Waals surface area (Å²) in [6, 6.07) is 11.6. The molecule has 1 N–H and O–H groups in total. The van der Waals surface area contributed by atoms with Gasteiger partial charge in [-0.1, -0.05) is 29.8 Å². The summed E-state index contributed by atoms with van der Waals surface area (Å²) in [4.78, 5) is 0. The van der Waals surface area contributed by atoms with Crippen molar-refractivity contribution in [3.63, 3.8) is 0 Å². The van der Waals surface area contributed by atoms with Crippen LogP contribution in [0.2, 0.25) is 0 Å². The van der Waals surface area contributed by atoms with E-state index in [0.29, 0.717) is 11.3 Å². The summed E-state index contributed by atoms with van der Waals surface area (Å²) >= 11 is 0. The molecule has 3 heteroatoms. The molecule has 0 bridgehead atoms. The van der Waals surface area contributed by atoms with Crippen molar-refractivity contribution in [1.29, 1.82) is 0 Å². The van der Waals surface area contributed by atoms with Gasteiger partial charge in [-0.05, 0) is 25.1 Å². The first-order valence-corrected chi connectivity index (χ1v) is 5.33. The lowest BCUT2D eigenvalue weighted by Crippen LogP contribution is -1.94. The van der Waals surface area contributed by atoms with E-state index in [9.17, 15) is 9.50 Å². The van der Waals surface area contributed by atoms with Crippen molar-refractivity contribution in [3.05, 3.63) is 59.4 Å². The van der Waals surface area contributed by atoms with Gasteiger partial charge in [-0.25, -0.2) is 4.39 Å². The largest absolute Gasteiger partial charge is 0.454 e. The smallest absolute Gasteiger partial charge is 0.165 e. The molecule has 0 aliphatic rings. The molecule has 0 aliphatic carbocycles. The van der Waals surface area contributed by atoms with Gasteiger partial charge in [0.25, 0.3) is 0 Å². The Labute approximate surface area is 99.3 Å². The zero-order valence-electron chi connectivity index (χ0n) is 9.48. The van der Waals surface area contributed by atoms with Crippen LogP contribution in [0.25, 0.3) is 0 Å². The highest BCUT2D eigenvalue weighted by molar-refractivity contribution is 5.40. The maximum Gasteiger partial charge on any atom is 0.165 e. The quantitative estimate of drug-likeness (QED) is 0.878. The van der Waals surface area contributed by atoms with E-state index in [0.717, 1.165) is 5.56 Å². The summed E-state index contributed by atoms with van der Waals surface area (Å²) in [5.41, 5.74) is 1.67. The second-order valence-corrected chi connectivity index (χ2v) is 3.80. The highest BCUT2D eigenvalue weighted by atomic mass is 19.1. The first-order chi connectivity index (χ1) is 8.20. The molecule has 0 saturated heterocycles. The predicted octanol–water partition coefficient (Wildman–Crippen LogP) is 3.42. The standard InChI is InChI=1S/C14H13FO2/c1-10-6-7-13(11(8-10)9-16)17-14-5-3-2-4-12(14)15/h2-8,16H,9H2,1H3. The number of rotatable bonds is 3. The lowest BCUT2D eigenvalue weighted by atomic mass is 10.1. The lowest BCUT2D eigenvalue weighted by Gasteiger charge is -2.10. The molecule has 0 unspecified atom stereocenters. The minimum absolute atomic E-state index is 0.133. The maximum atomic E-state index is 13.4. The molecule has 0 fully saturated rings. The van der Waals surface area contributed by atoms with Crippen LogP contribution in [-0.4, -0.2) is 5.11 Å². The summed E-state index contributed by atoms with van der Waals surface area (Å²) < 4.78 is 18.9. The van der Waals surface area contributed by atoms with Crippen molar-refractivity contribution in [3.8, 4) is 11.5 Å². The fourth-order valence-electron chi connectivity index (χ4n) is 1.58. The summed E-state index contributed by atoms with van der Waals surface area (Å²) in [6.07, 6.45) is 0. The van der Waals surface area contributed by atoms with Crippen LogP contribution in [0.1, 0.15) is 11.1 Å². The first kappa shape index (κ1) is 11.6. The molecule has 0 radical (unpaired) electrons. The van der Waals surface area contributed by atoms with Gasteiger partial charge in [0.05, 0.1) is 6.61 Å². The number of para-hydroxylation sites is 1. The van der Waals surface area contributed by atoms with E-state index in [1.54, 1.807) is 24.3 Å². The normalized spacial score (nSPS) is 10.3. The molecule has 0 atom stereocenters. The average molecular weight is 232 g/mol. The van der Waals surface area contributed by atoms with Crippen LogP contribution < -0.4 is 4.74 Å². The van der Waals surface area contributed by atoms with Crippen molar-refractivity contribution in [2.45, 2.75) is 13.5 Å². The Balaban J connectivity index is 2.33. The Morgan fingerprint density at radius 1 is 1.12 bits per heavy atom. The van der Waals surface area contributed by atoms with Gasteiger partial charge in [-0.15, -0.1) is 0 Å². The third-order valence-corrected chi connectivity index (χ3v) is 2.44. The number of aliphatic hydroxyl groups is 1. The zero-order chi connectivity index (χ0) is 12.3. The van der Waals surface area contributed by atoms with E-state index in [4.69, 9.17) is 4.74 Å². The Hall–Kier alpha value is -1.87. The molecule has 0 aliphatic heterocycles. The number of aryl methyl sites for hydroxylation is 1. The van der Waals surface area contributed by atoms with E-state index in [1.807, 2.05) is 19.1 Å². The van der Waals surface area contributed by atoms with Crippen molar-refractivity contribution in [2.75, 3.05) is 0 Å². The fraction of sp³-hybridized carbons (Fsp3) is 0.143. The van der Waals surface area contributed by atoms with Crippen LogP contribution in [0.5, 0.6) is 11.5 Å². The number of aliphatic hydroxyl groups excluding tert-OH is 1. The molecule has 2 aromatic carbocycles. The minimum Gasteiger partial charge on any atom is -0.454 e.